The first-order valence-electron chi connectivity index (χ1n) is 7.24. The number of nitrogens with zero attached hydrogens (tertiary/aromatic N) is 2. The highest BCUT2D eigenvalue weighted by atomic mass is 35.5. The van der Waals surface area contributed by atoms with E-state index in [1.165, 1.54) is 12.1 Å². The molecule has 1 aromatic carbocycles. The first-order valence-corrected chi connectivity index (χ1v) is 7.24. The van der Waals surface area contributed by atoms with Crippen molar-refractivity contribution < 1.29 is 13.7 Å². The molecule has 0 aliphatic carbocycles. The molecule has 6 nitrogen and oxygen atoms in total. The van der Waals surface area contributed by atoms with E-state index >= 15 is 0 Å². The highest BCUT2D eigenvalue weighted by molar-refractivity contribution is 5.85. The lowest BCUT2D eigenvalue weighted by Crippen LogP contribution is -2.33. The predicted octanol–water partition coefficient (Wildman–Crippen LogP) is 2.08. The van der Waals surface area contributed by atoms with Crippen LogP contribution in [0.2, 0.25) is 0 Å². The van der Waals surface area contributed by atoms with Gasteiger partial charge in [-0.2, -0.15) is 4.98 Å². The molecule has 1 amide bonds. The maximum absolute atomic E-state index is 13.2. The minimum absolute atomic E-state index is 0. The molecule has 2 unspecified atom stereocenters. The number of rotatable bonds is 4. The van der Waals surface area contributed by atoms with E-state index < -0.39 is 0 Å². The Labute approximate surface area is 139 Å². The molecule has 2 atom stereocenters. The number of hydrogen-bond donors (Lipinski definition) is 2. The molecule has 2 N–H and O–H groups in total. The third-order valence-corrected chi connectivity index (χ3v) is 3.68. The predicted molar refractivity (Wildman–Crippen MR) is 84.5 cm³/mol. The van der Waals surface area contributed by atoms with Gasteiger partial charge in [-0.05, 0) is 32.0 Å². The topological polar surface area (TPSA) is 80.0 Å². The van der Waals surface area contributed by atoms with Crippen LogP contribution < -0.4 is 10.6 Å². The summed E-state index contributed by atoms with van der Waals surface area (Å²) in [6.45, 7) is 3.33. The van der Waals surface area contributed by atoms with Crippen LogP contribution in [0.1, 0.15) is 25.3 Å². The van der Waals surface area contributed by atoms with Gasteiger partial charge < -0.3 is 15.2 Å². The summed E-state index contributed by atoms with van der Waals surface area (Å²) < 4.78 is 18.4. The van der Waals surface area contributed by atoms with Crippen LogP contribution in [0, 0.1) is 11.7 Å². The van der Waals surface area contributed by atoms with Gasteiger partial charge in [0.2, 0.25) is 17.6 Å². The van der Waals surface area contributed by atoms with Gasteiger partial charge in [-0.25, -0.2) is 4.39 Å². The van der Waals surface area contributed by atoms with E-state index in [1.54, 1.807) is 19.1 Å². The van der Waals surface area contributed by atoms with E-state index in [9.17, 15) is 9.18 Å². The summed E-state index contributed by atoms with van der Waals surface area (Å²) in [6.07, 6.45) is 0.830. The van der Waals surface area contributed by atoms with Crippen molar-refractivity contribution in [1.29, 1.82) is 0 Å². The fraction of sp³-hybridized carbons (Fsp3) is 0.400. The van der Waals surface area contributed by atoms with Crippen LogP contribution in [0.25, 0.3) is 11.4 Å². The SMILES string of the molecule is CC(NC(=O)C1CCNC1)c1nc(-c2cccc(F)c2)no1.Cl. The maximum Gasteiger partial charge on any atom is 0.249 e. The molecule has 2 heterocycles. The highest BCUT2D eigenvalue weighted by Crippen LogP contribution is 2.20. The molecule has 8 heteroatoms. The minimum Gasteiger partial charge on any atom is -0.344 e. The van der Waals surface area contributed by atoms with Gasteiger partial charge in [0, 0.05) is 12.1 Å². The van der Waals surface area contributed by atoms with Crippen LogP contribution in [-0.4, -0.2) is 29.1 Å². The molecule has 1 fully saturated rings. The molecule has 1 aliphatic rings. The van der Waals surface area contributed by atoms with E-state index in [-0.39, 0.29) is 36.1 Å². The quantitative estimate of drug-likeness (QED) is 0.890. The average molecular weight is 341 g/mol. The average Bonchev–Trinajstić information content (AvgIpc) is 3.19. The van der Waals surface area contributed by atoms with E-state index in [0.29, 0.717) is 23.8 Å². The third-order valence-electron chi connectivity index (χ3n) is 3.68. The lowest BCUT2D eigenvalue weighted by atomic mass is 10.1. The van der Waals surface area contributed by atoms with E-state index in [0.717, 1.165) is 13.0 Å². The van der Waals surface area contributed by atoms with Crippen LogP contribution >= 0.6 is 12.4 Å². The second kappa shape index (κ2) is 7.52. The smallest absolute Gasteiger partial charge is 0.249 e. The van der Waals surface area contributed by atoms with Crippen molar-refractivity contribution in [3.05, 3.63) is 36.0 Å². The fourth-order valence-corrected chi connectivity index (χ4v) is 2.43. The van der Waals surface area contributed by atoms with Crippen molar-refractivity contribution >= 4 is 18.3 Å². The second-order valence-corrected chi connectivity index (χ2v) is 5.39. The van der Waals surface area contributed by atoms with Gasteiger partial charge in [0.15, 0.2) is 0 Å². The summed E-state index contributed by atoms with van der Waals surface area (Å²) in [5, 5.41) is 9.85. The van der Waals surface area contributed by atoms with Crippen molar-refractivity contribution in [1.82, 2.24) is 20.8 Å². The monoisotopic (exact) mass is 340 g/mol. The summed E-state index contributed by atoms with van der Waals surface area (Å²) in [4.78, 5) is 16.3. The summed E-state index contributed by atoms with van der Waals surface area (Å²) in [5.74, 6) is 0.201. The summed E-state index contributed by atoms with van der Waals surface area (Å²) >= 11 is 0. The van der Waals surface area contributed by atoms with Crippen molar-refractivity contribution in [2.75, 3.05) is 13.1 Å². The summed E-state index contributed by atoms with van der Waals surface area (Å²) in [7, 11) is 0. The largest absolute Gasteiger partial charge is 0.344 e. The number of aromatic nitrogens is 2. The number of benzene rings is 1. The Hall–Kier alpha value is -1.99. The standard InChI is InChI=1S/C15H17FN4O2.ClH/c1-9(18-14(21)11-5-6-17-8-11)15-19-13(20-22-15)10-3-2-4-12(16)7-10;/h2-4,7,9,11,17H,5-6,8H2,1H3,(H,18,21);1H. The van der Waals surface area contributed by atoms with Crippen LogP contribution in [0.15, 0.2) is 28.8 Å². The molecular formula is C15H18ClFN4O2. The van der Waals surface area contributed by atoms with E-state index in [4.69, 9.17) is 4.52 Å². The van der Waals surface area contributed by atoms with Crippen molar-refractivity contribution in [2.24, 2.45) is 5.92 Å². The van der Waals surface area contributed by atoms with Crippen molar-refractivity contribution in [3.8, 4) is 11.4 Å². The fourth-order valence-electron chi connectivity index (χ4n) is 2.43. The van der Waals surface area contributed by atoms with Gasteiger partial charge in [-0.1, -0.05) is 17.3 Å². The first-order chi connectivity index (χ1) is 10.6. The molecule has 1 saturated heterocycles. The lowest BCUT2D eigenvalue weighted by molar-refractivity contribution is -0.125. The van der Waals surface area contributed by atoms with Gasteiger partial charge in [-0.15, -0.1) is 12.4 Å². The first kappa shape index (κ1) is 17.4. The molecule has 23 heavy (non-hydrogen) atoms. The number of nitrogens with one attached hydrogen (secondary N) is 2. The highest BCUT2D eigenvalue weighted by Gasteiger charge is 2.25. The number of carbonyl (C=O) groups is 1. The number of amides is 1. The summed E-state index contributed by atoms with van der Waals surface area (Å²) in [6, 6.07) is 5.58. The Morgan fingerprint density at radius 3 is 3.04 bits per heavy atom. The van der Waals surface area contributed by atoms with Crippen LogP contribution in [0.3, 0.4) is 0 Å². The molecule has 0 saturated carbocycles. The van der Waals surface area contributed by atoms with Crippen LogP contribution in [-0.2, 0) is 4.79 Å². The molecular weight excluding hydrogens is 323 g/mol. The van der Waals surface area contributed by atoms with Gasteiger partial charge in [-0.3, -0.25) is 4.79 Å². The lowest BCUT2D eigenvalue weighted by Gasteiger charge is -2.13. The molecule has 124 valence electrons. The minimum atomic E-state index is -0.386. The van der Waals surface area contributed by atoms with Crippen molar-refractivity contribution in [2.45, 2.75) is 19.4 Å². The van der Waals surface area contributed by atoms with Gasteiger partial charge >= 0.3 is 0 Å². The van der Waals surface area contributed by atoms with E-state index in [2.05, 4.69) is 20.8 Å². The van der Waals surface area contributed by atoms with Crippen molar-refractivity contribution in [3.63, 3.8) is 0 Å². The molecule has 1 aliphatic heterocycles. The zero-order valence-corrected chi connectivity index (χ0v) is 13.4. The van der Waals surface area contributed by atoms with Gasteiger partial charge in [0.1, 0.15) is 11.9 Å². The Balaban J connectivity index is 0.00000192. The normalized spacial score (nSPS) is 18.3. The zero-order valence-electron chi connectivity index (χ0n) is 12.6. The Morgan fingerprint density at radius 1 is 1.52 bits per heavy atom. The molecule has 0 spiro atoms. The molecule has 1 aromatic heterocycles. The molecule has 0 bridgehead atoms. The van der Waals surface area contributed by atoms with Crippen LogP contribution in [0.5, 0.6) is 0 Å². The molecule has 0 radical (unpaired) electrons. The number of carbonyl (C=O) groups excluding carboxylic acids is 1. The Kier molecular flexibility index (Phi) is 5.68. The van der Waals surface area contributed by atoms with Crippen LogP contribution in [0.4, 0.5) is 4.39 Å². The maximum atomic E-state index is 13.2. The van der Waals surface area contributed by atoms with Gasteiger partial charge in [0.05, 0.1) is 5.92 Å². The zero-order chi connectivity index (χ0) is 15.5. The third kappa shape index (κ3) is 4.05. The number of halogens is 2. The van der Waals surface area contributed by atoms with E-state index in [1.807, 2.05) is 0 Å². The Bertz CT molecular complexity index is 673. The number of hydrogen-bond acceptors (Lipinski definition) is 5. The molecule has 2 aromatic rings. The van der Waals surface area contributed by atoms with Gasteiger partial charge in [0.25, 0.3) is 0 Å². The Morgan fingerprint density at radius 2 is 2.35 bits per heavy atom. The summed E-state index contributed by atoms with van der Waals surface area (Å²) in [5.41, 5.74) is 0.536. The molecule has 3 rings (SSSR count). The second-order valence-electron chi connectivity index (χ2n) is 5.39.